The van der Waals surface area contributed by atoms with E-state index >= 15 is 0 Å². The molecule has 0 spiro atoms. The molecule has 0 amide bonds. The zero-order chi connectivity index (χ0) is 11.8. The Kier molecular flexibility index (Phi) is 2.44. The van der Waals surface area contributed by atoms with E-state index in [1.54, 1.807) is 6.26 Å². The van der Waals surface area contributed by atoms with Crippen LogP contribution in [-0.2, 0) is 0 Å². The van der Waals surface area contributed by atoms with Gasteiger partial charge in [0.05, 0.1) is 11.8 Å². The number of aromatic nitrogens is 2. The van der Waals surface area contributed by atoms with Crippen LogP contribution in [0.2, 0.25) is 0 Å². The molecule has 0 unspecified atom stereocenters. The fourth-order valence-electron chi connectivity index (χ4n) is 1.87. The van der Waals surface area contributed by atoms with E-state index in [0.29, 0.717) is 4.73 Å². The molecule has 0 saturated heterocycles. The number of fused-ring (bicyclic) bond motifs is 1. The summed E-state index contributed by atoms with van der Waals surface area (Å²) in [7, 11) is 0. The molecule has 0 atom stereocenters. The highest BCUT2D eigenvalue weighted by atomic mass is 79.9. The molecule has 0 aliphatic carbocycles. The maximum absolute atomic E-state index is 5.41. The molecule has 1 aromatic carbocycles. The Morgan fingerprint density at radius 1 is 1.12 bits per heavy atom. The van der Waals surface area contributed by atoms with Crippen LogP contribution in [0.25, 0.3) is 22.4 Å². The molecule has 0 N–H and O–H groups in total. The third-order valence-electron chi connectivity index (χ3n) is 2.66. The Morgan fingerprint density at radius 3 is 2.76 bits per heavy atom. The topological polar surface area (TPSA) is 38.9 Å². The minimum Gasteiger partial charge on any atom is -0.463 e. The van der Waals surface area contributed by atoms with Gasteiger partial charge in [-0.05, 0) is 40.5 Å². The highest BCUT2D eigenvalue weighted by molar-refractivity contribution is 9.10. The standard InChI is InChI=1S/C13H9BrN2O/c1-8-4-2-5-9-11(8)15-13(14)16-12(9)10-6-3-7-17-10/h2-7H,1H3. The van der Waals surface area contributed by atoms with Gasteiger partial charge in [-0.1, -0.05) is 18.2 Å². The zero-order valence-corrected chi connectivity index (χ0v) is 10.7. The predicted molar refractivity (Wildman–Crippen MR) is 69.7 cm³/mol. The van der Waals surface area contributed by atoms with E-state index < -0.39 is 0 Å². The first-order chi connectivity index (χ1) is 8.25. The maximum atomic E-state index is 5.41. The minimum atomic E-state index is 0.575. The van der Waals surface area contributed by atoms with E-state index in [9.17, 15) is 0 Å². The van der Waals surface area contributed by atoms with E-state index in [1.807, 2.05) is 37.3 Å². The molecule has 0 bridgehead atoms. The van der Waals surface area contributed by atoms with E-state index in [0.717, 1.165) is 27.9 Å². The average Bonchev–Trinajstić information content (AvgIpc) is 2.83. The second-order valence-corrected chi connectivity index (χ2v) is 4.50. The largest absolute Gasteiger partial charge is 0.463 e. The van der Waals surface area contributed by atoms with Gasteiger partial charge in [-0.25, -0.2) is 9.97 Å². The third-order valence-corrected chi connectivity index (χ3v) is 3.01. The number of rotatable bonds is 1. The van der Waals surface area contributed by atoms with Crippen LogP contribution in [0.4, 0.5) is 0 Å². The lowest BCUT2D eigenvalue weighted by Crippen LogP contribution is -1.92. The molecule has 0 radical (unpaired) electrons. The number of halogens is 1. The zero-order valence-electron chi connectivity index (χ0n) is 9.14. The molecule has 0 aliphatic rings. The van der Waals surface area contributed by atoms with Crippen molar-refractivity contribution in [3.8, 4) is 11.5 Å². The number of para-hydroxylation sites is 1. The summed E-state index contributed by atoms with van der Waals surface area (Å²) in [5.41, 5.74) is 2.88. The van der Waals surface area contributed by atoms with Crippen LogP contribution in [0.1, 0.15) is 5.56 Å². The summed E-state index contributed by atoms with van der Waals surface area (Å²) in [4.78, 5) is 8.81. The monoisotopic (exact) mass is 288 g/mol. The second-order valence-electron chi connectivity index (χ2n) is 3.79. The minimum absolute atomic E-state index is 0.575. The van der Waals surface area contributed by atoms with Gasteiger partial charge in [-0.2, -0.15) is 0 Å². The lowest BCUT2D eigenvalue weighted by molar-refractivity contribution is 0.580. The molecule has 0 aliphatic heterocycles. The first-order valence-corrected chi connectivity index (χ1v) is 6.02. The van der Waals surface area contributed by atoms with E-state index in [2.05, 4.69) is 25.9 Å². The highest BCUT2D eigenvalue weighted by Crippen LogP contribution is 2.28. The van der Waals surface area contributed by atoms with Crippen molar-refractivity contribution in [1.82, 2.24) is 9.97 Å². The molecule has 2 aromatic heterocycles. The lowest BCUT2D eigenvalue weighted by atomic mass is 10.1. The van der Waals surface area contributed by atoms with Gasteiger partial charge in [-0.15, -0.1) is 0 Å². The summed E-state index contributed by atoms with van der Waals surface area (Å²) in [6, 6.07) is 9.80. The Hall–Kier alpha value is -1.68. The predicted octanol–water partition coefficient (Wildman–Crippen LogP) is 3.96. The smallest absolute Gasteiger partial charge is 0.197 e. The van der Waals surface area contributed by atoms with Gasteiger partial charge in [0, 0.05) is 5.39 Å². The summed E-state index contributed by atoms with van der Waals surface area (Å²) in [6.07, 6.45) is 1.65. The first kappa shape index (κ1) is 10.5. The molecule has 3 nitrogen and oxygen atoms in total. The van der Waals surface area contributed by atoms with Gasteiger partial charge in [-0.3, -0.25) is 0 Å². The van der Waals surface area contributed by atoms with E-state index in [1.165, 1.54) is 0 Å². The van der Waals surface area contributed by atoms with Crippen molar-refractivity contribution in [1.29, 1.82) is 0 Å². The fourth-order valence-corrected chi connectivity index (χ4v) is 2.22. The Morgan fingerprint density at radius 2 is 2.00 bits per heavy atom. The Labute approximate surface area is 107 Å². The molecule has 3 rings (SSSR count). The van der Waals surface area contributed by atoms with Crippen LogP contribution < -0.4 is 0 Å². The van der Waals surface area contributed by atoms with Crippen LogP contribution in [0.5, 0.6) is 0 Å². The number of aryl methyl sites for hydroxylation is 1. The fraction of sp³-hybridized carbons (Fsp3) is 0.0769. The number of hydrogen-bond donors (Lipinski definition) is 0. The molecular formula is C13H9BrN2O. The normalized spacial score (nSPS) is 10.9. The summed E-state index contributed by atoms with van der Waals surface area (Å²) < 4.78 is 5.99. The van der Waals surface area contributed by atoms with E-state index in [4.69, 9.17) is 4.42 Å². The van der Waals surface area contributed by atoms with Crippen molar-refractivity contribution < 1.29 is 4.42 Å². The molecule has 4 heteroatoms. The number of furan rings is 1. The van der Waals surface area contributed by atoms with Crippen molar-refractivity contribution >= 4 is 26.8 Å². The van der Waals surface area contributed by atoms with Gasteiger partial charge >= 0.3 is 0 Å². The Bertz CT molecular complexity index is 677. The lowest BCUT2D eigenvalue weighted by Gasteiger charge is -2.05. The molecule has 84 valence electrons. The van der Waals surface area contributed by atoms with Crippen molar-refractivity contribution in [3.63, 3.8) is 0 Å². The molecule has 2 heterocycles. The van der Waals surface area contributed by atoms with E-state index in [-0.39, 0.29) is 0 Å². The van der Waals surface area contributed by atoms with Gasteiger partial charge in [0.15, 0.2) is 10.5 Å². The van der Waals surface area contributed by atoms with Crippen LogP contribution in [0, 0.1) is 6.92 Å². The summed E-state index contributed by atoms with van der Waals surface area (Å²) >= 11 is 3.34. The quantitative estimate of drug-likeness (QED) is 0.636. The van der Waals surface area contributed by atoms with Crippen molar-refractivity contribution in [2.75, 3.05) is 0 Å². The van der Waals surface area contributed by atoms with Crippen LogP contribution in [0.15, 0.2) is 45.7 Å². The first-order valence-electron chi connectivity index (χ1n) is 5.22. The van der Waals surface area contributed by atoms with Gasteiger partial charge in [0.1, 0.15) is 5.69 Å². The second kappa shape index (κ2) is 3.96. The van der Waals surface area contributed by atoms with Crippen LogP contribution in [0.3, 0.4) is 0 Å². The third kappa shape index (κ3) is 1.74. The molecule has 3 aromatic rings. The number of nitrogens with zero attached hydrogens (tertiary/aromatic N) is 2. The molecule has 0 fully saturated rings. The maximum Gasteiger partial charge on any atom is 0.197 e. The number of benzene rings is 1. The van der Waals surface area contributed by atoms with Crippen molar-refractivity contribution in [2.24, 2.45) is 0 Å². The molecule has 17 heavy (non-hydrogen) atoms. The Balaban J connectivity index is 2.42. The van der Waals surface area contributed by atoms with Gasteiger partial charge in [0.2, 0.25) is 0 Å². The van der Waals surface area contributed by atoms with Crippen LogP contribution >= 0.6 is 15.9 Å². The van der Waals surface area contributed by atoms with Crippen molar-refractivity contribution in [3.05, 3.63) is 46.9 Å². The molecule has 0 saturated carbocycles. The van der Waals surface area contributed by atoms with Crippen LogP contribution in [-0.4, -0.2) is 9.97 Å². The summed E-state index contributed by atoms with van der Waals surface area (Å²) in [5, 5.41) is 1.00. The molecular weight excluding hydrogens is 280 g/mol. The number of hydrogen-bond acceptors (Lipinski definition) is 3. The summed E-state index contributed by atoms with van der Waals surface area (Å²) in [5.74, 6) is 0.753. The van der Waals surface area contributed by atoms with Crippen molar-refractivity contribution in [2.45, 2.75) is 6.92 Å². The average molecular weight is 289 g/mol. The SMILES string of the molecule is Cc1cccc2c(-c3ccco3)nc(Br)nc12. The van der Waals surface area contributed by atoms with Gasteiger partial charge in [0.25, 0.3) is 0 Å². The summed E-state index contributed by atoms with van der Waals surface area (Å²) in [6.45, 7) is 2.04. The highest BCUT2D eigenvalue weighted by Gasteiger charge is 2.11. The van der Waals surface area contributed by atoms with Gasteiger partial charge < -0.3 is 4.42 Å².